The molecule has 0 aromatic heterocycles. The zero-order chi connectivity index (χ0) is 24.5. The van der Waals surface area contributed by atoms with Crippen molar-refractivity contribution in [2.75, 3.05) is 38.2 Å². The van der Waals surface area contributed by atoms with E-state index in [1.54, 1.807) is 23.1 Å². The first-order chi connectivity index (χ1) is 16.4. The summed E-state index contributed by atoms with van der Waals surface area (Å²) in [7, 11) is 0. The lowest BCUT2D eigenvalue weighted by Gasteiger charge is -2.31. The monoisotopic (exact) mass is 472 g/mol. The lowest BCUT2D eigenvalue weighted by Crippen LogP contribution is -2.41. The Morgan fingerprint density at radius 2 is 1.62 bits per heavy atom. The number of anilines is 1. The van der Waals surface area contributed by atoms with Crippen LogP contribution in [0.4, 0.5) is 10.1 Å². The molecule has 2 amide bonds. The van der Waals surface area contributed by atoms with Crippen LogP contribution >= 0.6 is 0 Å². The van der Waals surface area contributed by atoms with E-state index in [4.69, 9.17) is 14.2 Å². The molecule has 8 nitrogen and oxygen atoms in total. The van der Waals surface area contributed by atoms with Crippen LogP contribution in [0.25, 0.3) is 0 Å². The molecule has 0 aliphatic carbocycles. The second-order valence-electron chi connectivity index (χ2n) is 7.76. The summed E-state index contributed by atoms with van der Waals surface area (Å²) in [6.07, 6.45) is 0.869. The number of benzene rings is 2. The summed E-state index contributed by atoms with van der Waals surface area (Å²) in [6.45, 7) is 5.01. The third kappa shape index (κ3) is 6.69. The summed E-state index contributed by atoms with van der Waals surface area (Å²) < 4.78 is 29.3. The summed E-state index contributed by atoms with van der Waals surface area (Å²) in [4.78, 5) is 38.8. The molecule has 1 aliphatic rings. The number of likely N-dealkylation sites (tertiary alicyclic amines) is 1. The van der Waals surface area contributed by atoms with Gasteiger partial charge in [-0.3, -0.25) is 14.4 Å². The first-order valence-corrected chi connectivity index (χ1v) is 11.3. The van der Waals surface area contributed by atoms with Crippen molar-refractivity contribution in [2.24, 2.45) is 5.92 Å². The van der Waals surface area contributed by atoms with Crippen molar-refractivity contribution in [1.29, 1.82) is 0 Å². The highest BCUT2D eigenvalue weighted by Gasteiger charge is 2.29. The van der Waals surface area contributed by atoms with Crippen LogP contribution in [-0.2, 0) is 14.3 Å². The molecule has 0 unspecified atom stereocenters. The standard InChI is InChI=1S/C25H29FN2O6/c1-3-32-21-10-9-20(15-22(21)33-4-2)27-23(29)16-34-25(31)18-11-13-28(14-12-18)24(30)17-5-7-19(26)8-6-17/h5-10,15,18H,3-4,11-14,16H2,1-2H3,(H,27,29). The van der Waals surface area contributed by atoms with E-state index in [0.29, 0.717) is 61.9 Å². The zero-order valence-electron chi connectivity index (χ0n) is 19.3. The minimum absolute atomic E-state index is 0.201. The maximum Gasteiger partial charge on any atom is 0.309 e. The summed E-state index contributed by atoms with van der Waals surface area (Å²) in [5.41, 5.74) is 0.904. The minimum atomic E-state index is -0.469. The number of nitrogens with one attached hydrogen (secondary N) is 1. The van der Waals surface area contributed by atoms with E-state index in [-0.39, 0.29) is 11.8 Å². The van der Waals surface area contributed by atoms with Crippen LogP contribution in [0.1, 0.15) is 37.0 Å². The molecule has 1 aliphatic heterocycles. The van der Waals surface area contributed by atoms with E-state index in [2.05, 4.69) is 5.32 Å². The molecule has 182 valence electrons. The van der Waals surface area contributed by atoms with Crippen molar-refractivity contribution < 1.29 is 33.0 Å². The molecule has 9 heteroatoms. The van der Waals surface area contributed by atoms with Gasteiger partial charge in [0.2, 0.25) is 0 Å². The van der Waals surface area contributed by atoms with Crippen molar-refractivity contribution in [1.82, 2.24) is 4.90 Å². The Morgan fingerprint density at radius 1 is 0.971 bits per heavy atom. The number of esters is 1. The number of rotatable bonds is 9. The molecule has 0 saturated carbocycles. The van der Waals surface area contributed by atoms with Crippen LogP contribution in [0.2, 0.25) is 0 Å². The highest BCUT2D eigenvalue weighted by molar-refractivity contribution is 5.94. The van der Waals surface area contributed by atoms with Crippen LogP contribution in [0, 0.1) is 11.7 Å². The van der Waals surface area contributed by atoms with E-state index >= 15 is 0 Å². The maximum absolute atomic E-state index is 13.1. The van der Waals surface area contributed by atoms with Crippen LogP contribution < -0.4 is 14.8 Å². The first-order valence-electron chi connectivity index (χ1n) is 11.3. The fraction of sp³-hybridized carbons (Fsp3) is 0.400. The second kappa shape index (κ2) is 12.0. The van der Waals surface area contributed by atoms with Gasteiger partial charge in [0, 0.05) is 30.4 Å². The number of halogens is 1. The van der Waals surface area contributed by atoms with Gasteiger partial charge in [-0.25, -0.2) is 4.39 Å². The van der Waals surface area contributed by atoms with Crippen LogP contribution in [-0.4, -0.2) is 55.6 Å². The van der Waals surface area contributed by atoms with Gasteiger partial charge in [-0.05, 0) is 63.1 Å². The highest BCUT2D eigenvalue weighted by Crippen LogP contribution is 2.30. The lowest BCUT2D eigenvalue weighted by molar-refractivity contribution is -0.152. The first kappa shape index (κ1) is 25.0. The fourth-order valence-corrected chi connectivity index (χ4v) is 3.67. The summed E-state index contributed by atoms with van der Waals surface area (Å²) in [5, 5.41) is 2.68. The minimum Gasteiger partial charge on any atom is -0.490 e. The number of amides is 2. The summed E-state index contributed by atoms with van der Waals surface area (Å²) >= 11 is 0. The van der Waals surface area contributed by atoms with Crippen molar-refractivity contribution in [3.63, 3.8) is 0 Å². The van der Waals surface area contributed by atoms with Crippen LogP contribution in [0.3, 0.4) is 0 Å². The molecule has 0 radical (unpaired) electrons. The Kier molecular flexibility index (Phi) is 8.84. The number of carbonyl (C=O) groups is 3. The number of ether oxygens (including phenoxy) is 3. The van der Waals surface area contributed by atoms with Gasteiger partial charge in [0.25, 0.3) is 11.8 Å². The molecule has 2 aromatic carbocycles. The summed E-state index contributed by atoms with van der Waals surface area (Å²) in [6, 6.07) is 10.4. The Labute approximate surface area is 198 Å². The van der Waals surface area contributed by atoms with E-state index in [9.17, 15) is 18.8 Å². The van der Waals surface area contributed by atoms with Gasteiger partial charge >= 0.3 is 5.97 Å². The molecule has 3 rings (SSSR count). The Balaban J connectivity index is 1.45. The molecule has 0 spiro atoms. The topological polar surface area (TPSA) is 94.2 Å². The van der Waals surface area contributed by atoms with E-state index < -0.39 is 24.3 Å². The van der Waals surface area contributed by atoms with Crippen molar-refractivity contribution in [3.05, 3.63) is 53.8 Å². The fourth-order valence-electron chi connectivity index (χ4n) is 3.67. The van der Waals surface area contributed by atoms with Gasteiger partial charge in [0.15, 0.2) is 18.1 Å². The Bertz CT molecular complexity index is 1000. The average Bonchev–Trinajstić information content (AvgIpc) is 2.84. The van der Waals surface area contributed by atoms with Crippen molar-refractivity contribution in [3.8, 4) is 11.5 Å². The Morgan fingerprint density at radius 3 is 2.26 bits per heavy atom. The zero-order valence-corrected chi connectivity index (χ0v) is 19.3. The predicted octanol–water partition coefficient (Wildman–Crippen LogP) is 3.66. The molecule has 0 bridgehead atoms. The third-order valence-corrected chi connectivity index (χ3v) is 5.38. The molecule has 0 atom stereocenters. The van der Waals surface area contributed by atoms with Crippen molar-refractivity contribution in [2.45, 2.75) is 26.7 Å². The average molecular weight is 473 g/mol. The van der Waals surface area contributed by atoms with Crippen LogP contribution in [0.5, 0.6) is 11.5 Å². The molecule has 1 saturated heterocycles. The number of carbonyl (C=O) groups excluding carboxylic acids is 3. The molecule has 1 heterocycles. The third-order valence-electron chi connectivity index (χ3n) is 5.38. The predicted molar refractivity (Wildman–Crippen MR) is 123 cm³/mol. The molecular weight excluding hydrogens is 443 g/mol. The number of piperidine rings is 1. The van der Waals surface area contributed by atoms with Crippen LogP contribution in [0.15, 0.2) is 42.5 Å². The van der Waals surface area contributed by atoms with Gasteiger partial charge in [0.1, 0.15) is 5.82 Å². The number of hydrogen-bond donors (Lipinski definition) is 1. The molecule has 1 N–H and O–H groups in total. The molecule has 2 aromatic rings. The second-order valence-corrected chi connectivity index (χ2v) is 7.76. The van der Waals surface area contributed by atoms with E-state index in [1.165, 1.54) is 24.3 Å². The van der Waals surface area contributed by atoms with Gasteiger partial charge in [0.05, 0.1) is 19.1 Å². The van der Waals surface area contributed by atoms with Gasteiger partial charge in [-0.1, -0.05) is 0 Å². The normalized spacial score (nSPS) is 13.8. The number of nitrogens with zero attached hydrogens (tertiary/aromatic N) is 1. The van der Waals surface area contributed by atoms with Gasteiger partial charge in [-0.2, -0.15) is 0 Å². The van der Waals surface area contributed by atoms with E-state index in [0.717, 1.165) is 0 Å². The molecule has 1 fully saturated rings. The van der Waals surface area contributed by atoms with E-state index in [1.807, 2.05) is 13.8 Å². The maximum atomic E-state index is 13.1. The van der Waals surface area contributed by atoms with Crippen molar-refractivity contribution >= 4 is 23.5 Å². The number of hydrogen-bond acceptors (Lipinski definition) is 6. The Hall–Kier alpha value is -3.62. The van der Waals surface area contributed by atoms with Gasteiger partial charge in [-0.15, -0.1) is 0 Å². The summed E-state index contributed by atoms with van der Waals surface area (Å²) in [5.74, 6) is -0.832. The molecule has 34 heavy (non-hydrogen) atoms. The highest BCUT2D eigenvalue weighted by atomic mass is 19.1. The largest absolute Gasteiger partial charge is 0.490 e. The smallest absolute Gasteiger partial charge is 0.309 e. The van der Waals surface area contributed by atoms with Gasteiger partial charge < -0.3 is 24.4 Å². The molecular formula is C25H29FN2O6. The lowest BCUT2D eigenvalue weighted by atomic mass is 9.96. The quantitative estimate of drug-likeness (QED) is 0.560. The SMILES string of the molecule is CCOc1ccc(NC(=O)COC(=O)C2CCN(C(=O)c3ccc(F)cc3)CC2)cc1OCC.